The lowest BCUT2D eigenvalue weighted by atomic mass is 10.2. The summed E-state index contributed by atoms with van der Waals surface area (Å²) in [7, 11) is 1.72. The molecule has 0 radical (unpaired) electrons. The van der Waals surface area contributed by atoms with Crippen molar-refractivity contribution < 1.29 is 0 Å². The molecule has 0 aromatic carbocycles. The summed E-state index contributed by atoms with van der Waals surface area (Å²) in [5.74, 6) is 0. The van der Waals surface area contributed by atoms with Gasteiger partial charge in [-0.2, -0.15) is 0 Å². The maximum Gasteiger partial charge on any atom is 0.255 e. The molecule has 0 amide bonds. The molecule has 0 aliphatic heterocycles. The normalized spacial score (nSPS) is 10.3. The molecule has 4 heteroatoms. The molecule has 82 valence electrons. The fourth-order valence-electron chi connectivity index (χ4n) is 1.52. The average Bonchev–Trinajstić information content (AvgIpc) is 2.28. The maximum atomic E-state index is 11.7. The van der Waals surface area contributed by atoms with E-state index in [1.165, 1.54) is 16.7 Å². The molecule has 2 heterocycles. The Kier molecular flexibility index (Phi) is 2.72. The van der Waals surface area contributed by atoms with Gasteiger partial charge in [-0.25, -0.2) is 0 Å². The van der Waals surface area contributed by atoms with Gasteiger partial charge in [0.05, 0.1) is 6.54 Å². The van der Waals surface area contributed by atoms with Gasteiger partial charge in [0.1, 0.15) is 0 Å². The minimum absolute atomic E-state index is 0.0128. The maximum absolute atomic E-state index is 11.7. The summed E-state index contributed by atoms with van der Waals surface area (Å²) in [6.45, 7) is 0.480. The van der Waals surface area contributed by atoms with E-state index in [4.69, 9.17) is 0 Å². The fraction of sp³-hybridized carbons (Fsp3) is 0.167. The van der Waals surface area contributed by atoms with Crippen LogP contribution in [-0.2, 0) is 13.6 Å². The van der Waals surface area contributed by atoms with Gasteiger partial charge in [-0.15, -0.1) is 0 Å². The van der Waals surface area contributed by atoms with E-state index >= 15 is 0 Å². The highest BCUT2D eigenvalue weighted by molar-refractivity contribution is 5.11. The van der Waals surface area contributed by atoms with Crippen molar-refractivity contribution in [3.8, 4) is 0 Å². The standard InChI is InChI=1S/C12H12N2O2/c1-13-6-2-3-10(12(13)16)9-14-7-4-11(15)5-8-14/h2-8H,9H2,1H3. The number of aromatic nitrogens is 2. The zero-order valence-electron chi connectivity index (χ0n) is 8.96. The predicted octanol–water partition coefficient (Wildman–Crippen LogP) is 0.595. The largest absolute Gasteiger partial charge is 0.349 e. The molecule has 2 aromatic rings. The van der Waals surface area contributed by atoms with Crippen molar-refractivity contribution >= 4 is 0 Å². The molecule has 0 atom stereocenters. The highest BCUT2D eigenvalue weighted by Gasteiger charge is 2.00. The van der Waals surface area contributed by atoms with Crippen molar-refractivity contribution in [2.75, 3.05) is 0 Å². The minimum Gasteiger partial charge on any atom is -0.349 e. The summed E-state index contributed by atoms with van der Waals surface area (Å²) in [6, 6.07) is 6.58. The van der Waals surface area contributed by atoms with E-state index in [-0.39, 0.29) is 11.0 Å². The molecule has 0 aliphatic carbocycles. The second-order valence-corrected chi connectivity index (χ2v) is 3.66. The summed E-state index contributed by atoms with van der Waals surface area (Å²) in [5, 5.41) is 0. The van der Waals surface area contributed by atoms with Gasteiger partial charge >= 0.3 is 0 Å². The molecule has 0 saturated heterocycles. The van der Waals surface area contributed by atoms with Gasteiger partial charge in [0.2, 0.25) is 0 Å². The lowest BCUT2D eigenvalue weighted by Gasteiger charge is -2.06. The molecule has 0 spiro atoms. The van der Waals surface area contributed by atoms with E-state index in [0.29, 0.717) is 12.1 Å². The second-order valence-electron chi connectivity index (χ2n) is 3.66. The number of hydrogen-bond donors (Lipinski definition) is 0. The van der Waals surface area contributed by atoms with Crippen LogP contribution in [0.3, 0.4) is 0 Å². The lowest BCUT2D eigenvalue weighted by Crippen LogP contribution is -2.21. The number of nitrogens with zero attached hydrogens (tertiary/aromatic N) is 2. The Morgan fingerprint density at radius 3 is 2.44 bits per heavy atom. The minimum atomic E-state index is -0.0304. The summed E-state index contributed by atoms with van der Waals surface area (Å²) >= 11 is 0. The van der Waals surface area contributed by atoms with Crippen molar-refractivity contribution in [3.63, 3.8) is 0 Å². The topological polar surface area (TPSA) is 44.0 Å². The van der Waals surface area contributed by atoms with Crippen LogP contribution in [0.25, 0.3) is 0 Å². The first-order valence-corrected chi connectivity index (χ1v) is 4.97. The molecule has 0 bridgehead atoms. The van der Waals surface area contributed by atoms with E-state index in [1.807, 2.05) is 6.07 Å². The van der Waals surface area contributed by atoms with E-state index < -0.39 is 0 Å². The van der Waals surface area contributed by atoms with Gasteiger partial charge in [-0.05, 0) is 6.07 Å². The third kappa shape index (κ3) is 2.11. The van der Waals surface area contributed by atoms with E-state index in [9.17, 15) is 9.59 Å². The average molecular weight is 216 g/mol. The Hall–Kier alpha value is -2.10. The number of pyridine rings is 2. The monoisotopic (exact) mass is 216 g/mol. The molecular formula is C12H12N2O2. The zero-order chi connectivity index (χ0) is 11.5. The van der Waals surface area contributed by atoms with Gasteiger partial charge in [0.15, 0.2) is 5.43 Å². The SMILES string of the molecule is Cn1cccc(Cn2ccc(=O)cc2)c1=O. The quantitative estimate of drug-likeness (QED) is 0.737. The van der Waals surface area contributed by atoms with Crippen LogP contribution in [0.5, 0.6) is 0 Å². The molecule has 0 fully saturated rings. The molecule has 2 rings (SSSR count). The molecule has 4 nitrogen and oxygen atoms in total. The summed E-state index contributed by atoms with van der Waals surface area (Å²) in [4.78, 5) is 22.6. The lowest BCUT2D eigenvalue weighted by molar-refractivity contribution is 0.751. The Morgan fingerprint density at radius 2 is 1.75 bits per heavy atom. The first-order valence-electron chi connectivity index (χ1n) is 4.97. The number of hydrogen-bond acceptors (Lipinski definition) is 2. The van der Waals surface area contributed by atoms with Crippen LogP contribution in [0, 0.1) is 0 Å². The van der Waals surface area contributed by atoms with Crippen LogP contribution in [0.15, 0.2) is 52.4 Å². The Morgan fingerprint density at radius 1 is 1.06 bits per heavy atom. The molecule has 0 saturated carbocycles. The first-order chi connectivity index (χ1) is 7.66. The summed E-state index contributed by atoms with van der Waals surface area (Å²) in [6.07, 6.45) is 5.07. The third-order valence-corrected chi connectivity index (χ3v) is 2.42. The van der Waals surface area contributed by atoms with Crippen LogP contribution in [0.1, 0.15) is 5.56 Å². The second kappa shape index (κ2) is 4.18. The van der Waals surface area contributed by atoms with Crippen molar-refractivity contribution in [3.05, 3.63) is 69.0 Å². The molecular weight excluding hydrogens is 204 g/mol. The van der Waals surface area contributed by atoms with Crippen LogP contribution in [0.4, 0.5) is 0 Å². The molecule has 16 heavy (non-hydrogen) atoms. The summed E-state index contributed by atoms with van der Waals surface area (Å²) in [5.41, 5.74) is 0.659. The van der Waals surface area contributed by atoms with Gasteiger partial charge in [-0.3, -0.25) is 9.59 Å². The molecule has 0 unspecified atom stereocenters. The fourth-order valence-corrected chi connectivity index (χ4v) is 1.52. The first kappa shape index (κ1) is 10.4. The van der Waals surface area contributed by atoms with Gasteiger partial charge in [0, 0.05) is 43.3 Å². The van der Waals surface area contributed by atoms with Crippen molar-refractivity contribution in [1.29, 1.82) is 0 Å². The highest BCUT2D eigenvalue weighted by atomic mass is 16.1. The van der Waals surface area contributed by atoms with Crippen molar-refractivity contribution in [2.45, 2.75) is 6.54 Å². The number of aryl methyl sites for hydroxylation is 1. The van der Waals surface area contributed by atoms with Crippen molar-refractivity contribution in [1.82, 2.24) is 9.13 Å². The molecule has 2 aromatic heterocycles. The van der Waals surface area contributed by atoms with Crippen LogP contribution in [0.2, 0.25) is 0 Å². The Labute approximate surface area is 92.4 Å². The van der Waals surface area contributed by atoms with Gasteiger partial charge < -0.3 is 9.13 Å². The van der Waals surface area contributed by atoms with Crippen LogP contribution >= 0.6 is 0 Å². The van der Waals surface area contributed by atoms with Crippen LogP contribution < -0.4 is 11.0 Å². The molecule has 0 N–H and O–H groups in total. The Bertz CT molecular complexity index is 590. The van der Waals surface area contributed by atoms with Crippen molar-refractivity contribution in [2.24, 2.45) is 7.05 Å². The van der Waals surface area contributed by atoms with Gasteiger partial charge in [-0.1, -0.05) is 6.07 Å². The molecule has 0 aliphatic rings. The third-order valence-electron chi connectivity index (χ3n) is 2.42. The predicted molar refractivity (Wildman–Crippen MR) is 61.5 cm³/mol. The van der Waals surface area contributed by atoms with E-state index in [1.54, 1.807) is 36.3 Å². The smallest absolute Gasteiger partial charge is 0.255 e. The number of rotatable bonds is 2. The highest BCUT2D eigenvalue weighted by Crippen LogP contribution is 1.95. The summed E-state index contributed by atoms with van der Waals surface area (Å²) < 4.78 is 3.34. The zero-order valence-corrected chi connectivity index (χ0v) is 8.96. The van der Waals surface area contributed by atoms with E-state index in [0.717, 1.165) is 0 Å². The van der Waals surface area contributed by atoms with E-state index in [2.05, 4.69) is 0 Å². The Balaban J connectivity index is 2.34. The van der Waals surface area contributed by atoms with Gasteiger partial charge in [0.25, 0.3) is 5.56 Å². The van der Waals surface area contributed by atoms with Crippen LogP contribution in [-0.4, -0.2) is 9.13 Å².